The number of pyridine rings is 1. The van der Waals surface area contributed by atoms with Gasteiger partial charge < -0.3 is 5.11 Å². The van der Waals surface area contributed by atoms with Gasteiger partial charge in [0, 0.05) is 6.20 Å². The van der Waals surface area contributed by atoms with Crippen LogP contribution in [0.4, 0.5) is 5.82 Å². The van der Waals surface area contributed by atoms with Crippen LogP contribution in [0.2, 0.25) is 0 Å². The summed E-state index contributed by atoms with van der Waals surface area (Å²) in [5.74, 6) is -1.14. The van der Waals surface area contributed by atoms with Gasteiger partial charge in [-0.25, -0.2) is 13.4 Å². The molecule has 0 atom stereocenters. The number of rotatable bonds is 3. The van der Waals surface area contributed by atoms with E-state index in [0.29, 0.717) is 0 Å². The molecule has 0 spiro atoms. The van der Waals surface area contributed by atoms with E-state index in [4.69, 9.17) is 10.4 Å². The van der Waals surface area contributed by atoms with E-state index in [1.807, 2.05) is 4.72 Å². The first-order valence-electron chi connectivity index (χ1n) is 3.56. The maximum atomic E-state index is 11.1. The number of nitriles is 1. The first-order chi connectivity index (χ1) is 6.55. The van der Waals surface area contributed by atoms with Gasteiger partial charge in [0.25, 0.3) is 0 Å². The van der Waals surface area contributed by atoms with Crippen molar-refractivity contribution in [3.63, 3.8) is 0 Å². The van der Waals surface area contributed by atoms with Crippen molar-refractivity contribution in [2.24, 2.45) is 0 Å². The maximum Gasteiger partial charge on any atom is 0.247 e. The predicted molar refractivity (Wildman–Crippen MR) is 48.9 cm³/mol. The third kappa shape index (κ3) is 2.60. The normalized spacial score (nSPS) is 10.5. The van der Waals surface area contributed by atoms with E-state index in [0.717, 1.165) is 0 Å². The minimum atomic E-state index is -3.74. The molecular formula is C7H7N3O3S. The molecule has 1 heterocycles. The number of hydrogen-bond donors (Lipinski definition) is 2. The molecular weight excluding hydrogens is 206 g/mol. The molecule has 0 amide bonds. The molecule has 0 bridgehead atoms. The summed E-state index contributed by atoms with van der Waals surface area (Å²) in [5, 5.41) is 17.4. The molecule has 0 radical (unpaired) electrons. The molecule has 1 aromatic heterocycles. The van der Waals surface area contributed by atoms with E-state index >= 15 is 0 Å². The highest BCUT2D eigenvalue weighted by Crippen LogP contribution is 2.19. The predicted octanol–water partition coefficient (Wildman–Crippen LogP) is 0.0525. The monoisotopic (exact) mass is 213 g/mol. The van der Waals surface area contributed by atoms with Gasteiger partial charge in [-0.05, 0) is 12.1 Å². The summed E-state index contributed by atoms with van der Waals surface area (Å²) < 4.78 is 24.1. The Labute approximate surface area is 80.9 Å². The number of aromatic nitrogens is 1. The molecule has 0 aliphatic heterocycles. The van der Waals surface area contributed by atoms with Crippen LogP contribution in [0.15, 0.2) is 18.3 Å². The summed E-state index contributed by atoms with van der Waals surface area (Å²) in [4.78, 5) is 3.60. The fourth-order valence-electron chi connectivity index (χ4n) is 0.744. The Hall–Kier alpha value is -1.81. The van der Waals surface area contributed by atoms with Gasteiger partial charge in [-0.3, -0.25) is 4.72 Å². The maximum absolute atomic E-state index is 11.1. The number of aromatic hydroxyl groups is 1. The summed E-state index contributed by atoms with van der Waals surface area (Å²) in [6.45, 7) is 0. The van der Waals surface area contributed by atoms with Crippen LogP contribution in [0, 0.1) is 11.3 Å². The summed E-state index contributed by atoms with van der Waals surface area (Å²) in [7, 11) is -3.74. The number of sulfonamides is 1. The lowest BCUT2D eigenvalue weighted by Crippen LogP contribution is -2.16. The van der Waals surface area contributed by atoms with Crippen molar-refractivity contribution in [2.75, 3.05) is 10.5 Å². The van der Waals surface area contributed by atoms with Crippen molar-refractivity contribution in [1.82, 2.24) is 4.98 Å². The molecule has 0 aromatic carbocycles. The van der Waals surface area contributed by atoms with Gasteiger partial charge >= 0.3 is 0 Å². The van der Waals surface area contributed by atoms with Gasteiger partial charge in [0.05, 0.1) is 6.07 Å². The molecule has 74 valence electrons. The zero-order valence-electron chi connectivity index (χ0n) is 7.01. The fraction of sp³-hybridized carbons (Fsp3) is 0.143. The molecule has 2 N–H and O–H groups in total. The van der Waals surface area contributed by atoms with Gasteiger partial charge in [0.15, 0.2) is 17.3 Å². The largest absolute Gasteiger partial charge is 0.504 e. The van der Waals surface area contributed by atoms with Crippen molar-refractivity contribution in [3.8, 4) is 11.8 Å². The number of hydrogen-bond acceptors (Lipinski definition) is 5. The van der Waals surface area contributed by atoms with Crippen LogP contribution in [-0.2, 0) is 10.0 Å². The van der Waals surface area contributed by atoms with Gasteiger partial charge in [0.2, 0.25) is 10.0 Å². The minimum absolute atomic E-state index is 0.178. The molecule has 0 aliphatic rings. The number of nitrogens with zero attached hydrogens (tertiary/aromatic N) is 2. The van der Waals surface area contributed by atoms with Crippen LogP contribution < -0.4 is 4.72 Å². The average Bonchev–Trinajstić information content (AvgIpc) is 2.08. The van der Waals surface area contributed by atoms with Gasteiger partial charge in [0.1, 0.15) is 0 Å². The Bertz CT molecular complexity index is 463. The lowest BCUT2D eigenvalue weighted by molar-refractivity contribution is 0.475. The third-order valence-electron chi connectivity index (χ3n) is 1.29. The molecule has 0 unspecified atom stereocenters. The Balaban J connectivity index is 2.91. The second kappa shape index (κ2) is 3.93. The first-order valence-corrected chi connectivity index (χ1v) is 5.22. The van der Waals surface area contributed by atoms with Crippen molar-refractivity contribution >= 4 is 15.8 Å². The van der Waals surface area contributed by atoms with Crippen molar-refractivity contribution in [1.29, 1.82) is 5.26 Å². The Morgan fingerprint density at radius 1 is 1.64 bits per heavy atom. The average molecular weight is 213 g/mol. The second-order valence-corrected chi connectivity index (χ2v) is 4.11. The molecule has 0 aliphatic carbocycles. The molecule has 14 heavy (non-hydrogen) atoms. The Morgan fingerprint density at radius 2 is 2.36 bits per heavy atom. The molecule has 6 nitrogen and oxygen atoms in total. The highest BCUT2D eigenvalue weighted by Gasteiger charge is 2.12. The lowest BCUT2D eigenvalue weighted by Gasteiger charge is -2.04. The Kier molecular flexibility index (Phi) is 2.89. The van der Waals surface area contributed by atoms with Gasteiger partial charge in [-0.15, -0.1) is 0 Å². The number of nitrogens with one attached hydrogen (secondary N) is 1. The molecule has 0 saturated carbocycles. The standard InChI is InChI=1S/C7H7N3O3S/c8-3-5-14(12,13)10-7-6(11)2-1-4-9-7/h1-2,4,11H,5H2,(H,9,10). The minimum Gasteiger partial charge on any atom is -0.504 e. The van der Waals surface area contributed by atoms with E-state index < -0.39 is 15.8 Å². The fourth-order valence-corrected chi connectivity index (χ4v) is 1.44. The highest BCUT2D eigenvalue weighted by atomic mass is 32.2. The molecule has 7 heteroatoms. The number of anilines is 1. The second-order valence-electron chi connectivity index (χ2n) is 2.39. The summed E-state index contributed by atoms with van der Waals surface area (Å²) in [6.07, 6.45) is 1.32. The van der Waals surface area contributed by atoms with Crippen LogP contribution in [0.25, 0.3) is 0 Å². The van der Waals surface area contributed by atoms with Crippen LogP contribution >= 0.6 is 0 Å². The lowest BCUT2D eigenvalue weighted by atomic mass is 10.4. The van der Waals surface area contributed by atoms with Crippen LogP contribution in [0.3, 0.4) is 0 Å². The van der Waals surface area contributed by atoms with Crippen LogP contribution in [-0.4, -0.2) is 24.3 Å². The zero-order valence-corrected chi connectivity index (χ0v) is 7.82. The molecule has 0 saturated heterocycles. The van der Waals surface area contributed by atoms with E-state index in [-0.39, 0.29) is 11.6 Å². The molecule has 1 rings (SSSR count). The third-order valence-corrected chi connectivity index (χ3v) is 2.31. The van der Waals surface area contributed by atoms with Crippen molar-refractivity contribution in [2.45, 2.75) is 0 Å². The SMILES string of the molecule is N#CCS(=O)(=O)Nc1ncccc1O. The smallest absolute Gasteiger partial charge is 0.247 e. The van der Waals surface area contributed by atoms with E-state index in [1.54, 1.807) is 0 Å². The van der Waals surface area contributed by atoms with Gasteiger partial charge in [-0.2, -0.15) is 5.26 Å². The quantitative estimate of drug-likeness (QED) is 0.738. The summed E-state index contributed by atoms with van der Waals surface area (Å²) in [6, 6.07) is 4.23. The Morgan fingerprint density at radius 3 is 2.93 bits per heavy atom. The highest BCUT2D eigenvalue weighted by molar-refractivity contribution is 7.92. The zero-order chi connectivity index (χ0) is 10.6. The van der Waals surface area contributed by atoms with Crippen molar-refractivity contribution < 1.29 is 13.5 Å². The topological polar surface area (TPSA) is 103 Å². The summed E-state index contributed by atoms with van der Waals surface area (Å²) in [5.41, 5.74) is 0. The van der Waals surface area contributed by atoms with Crippen LogP contribution in [0.1, 0.15) is 0 Å². The van der Waals surface area contributed by atoms with Crippen molar-refractivity contribution in [3.05, 3.63) is 18.3 Å². The first kappa shape index (κ1) is 10.3. The molecule has 0 fully saturated rings. The summed E-state index contributed by atoms with van der Waals surface area (Å²) >= 11 is 0. The van der Waals surface area contributed by atoms with E-state index in [1.165, 1.54) is 24.4 Å². The van der Waals surface area contributed by atoms with Gasteiger partial charge in [-0.1, -0.05) is 0 Å². The van der Waals surface area contributed by atoms with E-state index in [9.17, 15) is 8.42 Å². The van der Waals surface area contributed by atoms with E-state index in [2.05, 4.69) is 4.98 Å². The van der Waals surface area contributed by atoms with Crippen LogP contribution in [0.5, 0.6) is 5.75 Å². The molecule has 1 aromatic rings.